The molecule has 0 aromatic heterocycles. The van der Waals surface area contributed by atoms with Crippen LogP contribution in [0.2, 0.25) is 0 Å². The number of fused-ring (bicyclic) bond motifs is 3. The van der Waals surface area contributed by atoms with Crippen LogP contribution in [0.1, 0.15) is 34.9 Å². The molecule has 1 fully saturated rings. The Labute approximate surface area is 120 Å². The van der Waals surface area contributed by atoms with Gasteiger partial charge in [-0.25, -0.2) is 0 Å². The molecule has 100 valence electrons. The highest BCUT2D eigenvalue weighted by atomic mass is 14.5. The molecule has 2 aliphatic rings. The summed E-state index contributed by atoms with van der Waals surface area (Å²) < 4.78 is 0. The molecule has 1 saturated carbocycles. The van der Waals surface area contributed by atoms with E-state index in [4.69, 9.17) is 0 Å². The Morgan fingerprint density at radius 1 is 0.950 bits per heavy atom. The highest BCUT2D eigenvalue weighted by Gasteiger charge is 2.47. The Morgan fingerprint density at radius 3 is 2.25 bits per heavy atom. The molecule has 2 aliphatic carbocycles. The summed E-state index contributed by atoms with van der Waals surface area (Å²) in [5, 5.41) is 2.95. The van der Waals surface area contributed by atoms with Crippen LogP contribution >= 0.6 is 0 Å². The normalized spacial score (nSPS) is 30.4. The lowest BCUT2D eigenvalue weighted by Gasteiger charge is -2.18. The van der Waals surface area contributed by atoms with E-state index < -0.39 is 0 Å². The van der Waals surface area contributed by atoms with Crippen LogP contribution in [-0.4, -0.2) is 0 Å². The highest BCUT2D eigenvalue weighted by molar-refractivity contribution is 5.95. The molecule has 0 radical (unpaired) electrons. The van der Waals surface area contributed by atoms with Crippen molar-refractivity contribution < 1.29 is 0 Å². The van der Waals surface area contributed by atoms with E-state index >= 15 is 0 Å². The molecular formula is C20H20. The van der Waals surface area contributed by atoms with Gasteiger partial charge in [0.05, 0.1) is 0 Å². The second kappa shape index (κ2) is 4.09. The summed E-state index contributed by atoms with van der Waals surface area (Å²) in [6, 6.07) is 11.5. The van der Waals surface area contributed by atoms with Crippen molar-refractivity contribution in [2.45, 2.75) is 25.2 Å². The summed E-state index contributed by atoms with van der Waals surface area (Å²) in [5.41, 5.74) is 4.47. The molecule has 2 aromatic carbocycles. The third-order valence-corrected chi connectivity index (χ3v) is 5.50. The van der Waals surface area contributed by atoms with E-state index in [1.54, 1.807) is 11.1 Å². The molecule has 4 unspecified atom stereocenters. The van der Waals surface area contributed by atoms with Crippen molar-refractivity contribution in [3.8, 4) is 0 Å². The van der Waals surface area contributed by atoms with Gasteiger partial charge in [-0.05, 0) is 64.5 Å². The lowest BCUT2D eigenvalue weighted by atomic mass is 9.85. The zero-order valence-electron chi connectivity index (χ0n) is 12.0. The van der Waals surface area contributed by atoms with Crippen LogP contribution in [0.15, 0.2) is 55.6 Å². The van der Waals surface area contributed by atoms with Crippen LogP contribution in [-0.2, 0) is 0 Å². The minimum absolute atomic E-state index is 0.585. The van der Waals surface area contributed by atoms with E-state index in [1.165, 1.54) is 22.8 Å². The predicted molar refractivity (Wildman–Crippen MR) is 86.2 cm³/mol. The third kappa shape index (κ3) is 1.32. The molecule has 0 heterocycles. The van der Waals surface area contributed by atoms with Gasteiger partial charge in [0.1, 0.15) is 0 Å². The van der Waals surface area contributed by atoms with E-state index in [2.05, 4.69) is 62.6 Å². The van der Waals surface area contributed by atoms with Crippen molar-refractivity contribution in [1.29, 1.82) is 0 Å². The van der Waals surface area contributed by atoms with Crippen LogP contribution in [0.3, 0.4) is 0 Å². The summed E-state index contributed by atoms with van der Waals surface area (Å²) in [6.07, 6.45) is 5.53. The molecule has 0 heteroatoms. The van der Waals surface area contributed by atoms with E-state index in [0.717, 1.165) is 0 Å². The SMILES string of the molecule is C=CC1CC(C=C)C2c3ccc(C)c4cccc(c34)C12. The van der Waals surface area contributed by atoms with Crippen molar-refractivity contribution in [1.82, 2.24) is 0 Å². The summed E-state index contributed by atoms with van der Waals surface area (Å²) in [5.74, 6) is 2.38. The number of rotatable bonds is 2. The minimum atomic E-state index is 0.585. The fourth-order valence-corrected chi connectivity index (χ4v) is 4.64. The lowest BCUT2D eigenvalue weighted by molar-refractivity contribution is 0.554. The highest BCUT2D eigenvalue weighted by Crippen LogP contribution is 2.60. The third-order valence-electron chi connectivity index (χ3n) is 5.50. The van der Waals surface area contributed by atoms with Crippen LogP contribution in [0, 0.1) is 18.8 Å². The topological polar surface area (TPSA) is 0 Å². The molecule has 0 nitrogen and oxygen atoms in total. The van der Waals surface area contributed by atoms with Gasteiger partial charge in [-0.1, -0.05) is 42.5 Å². The monoisotopic (exact) mass is 260 g/mol. The number of hydrogen-bond acceptors (Lipinski definition) is 0. The Kier molecular flexibility index (Phi) is 2.44. The zero-order chi connectivity index (χ0) is 13.9. The second-order valence-corrected chi connectivity index (χ2v) is 6.33. The molecule has 0 saturated heterocycles. The number of allylic oxidation sites excluding steroid dienone is 2. The maximum atomic E-state index is 4.08. The standard InChI is InChI=1S/C20H20/c1-4-13-11-14(5-2)19-17-10-9-12(3)15-7-6-8-16(18(13)19)20(15)17/h4-10,13-14,18-19H,1-2,11H2,3H3. The van der Waals surface area contributed by atoms with E-state index in [1.807, 2.05) is 0 Å². The van der Waals surface area contributed by atoms with Crippen LogP contribution in [0.5, 0.6) is 0 Å². The average Bonchev–Trinajstić information content (AvgIpc) is 3.00. The molecule has 2 aromatic rings. The fraction of sp³-hybridized carbons (Fsp3) is 0.300. The van der Waals surface area contributed by atoms with Crippen LogP contribution in [0.4, 0.5) is 0 Å². The van der Waals surface area contributed by atoms with Gasteiger partial charge in [-0.2, -0.15) is 0 Å². The molecular weight excluding hydrogens is 240 g/mol. The molecule has 0 N–H and O–H groups in total. The zero-order valence-corrected chi connectivity index (χ0v) is 12.0. The van der Waals surface area contributed by atoms with Crippen molar-refractivity contribution in [3.63, 3.8) is 0 Å². The van der Waals surface area contributed by atoms with Gasteiger partial charge in [0.15, 0.2) is 0 Å². The Balaban J connectivity index is 2.05. The first-order chi connectivity index (χ1) is 9.76. The van der Waals surface area contributed by atoms with Crippen molar-refractivity contribution >= 4 is 10.8 Å². The smallest absolute Gasteiger partial charge is 0.00179 e. The molecule has 0 amide bonds. The first-order valence-corrected chi connectivity index (χ1v) is 7.53. The van der Waals surface area contributed by atoms with Gasteiger partial charge in [0.2, 0.25) is 0 Å². The maximum absolute atomic E-state index is 4.08. The van der Waals surface area contributed by atoms with Crippen molar-refractivity contribution in [2.24, 2.45) is 11.8 Å². The molecule has 4 atom stereocenters. The predicted octanol–water partition coefficient (Wildman–Crippen LogP) is 5.34. The number of hydrogen-bond donors (Lipinski definition) is 0. The maximum Gasteiger partial charge on any atom is -0.00179 e. The van der Waals surface area contributed by atoms with Crippen LogP contribution < -0.4 is 0 Å². The summed E-state index contributed by atoms with van der Waals surface area (Å²) >= 11 is 0. The van der Waals surface area contributed by atoms with E-state index in [-0.39, 0.29) is 0 Å². The summed E-state index contributed by atoms with van der Waals surface area (Å²) in [4.78, 5) is 0. The van der Waals surface area contributed by atoms with Gasteiger partial charge < -0.3 is 0 Å². The quantitative estimate of drug-likeness (QED) is 0.640. The van der Waals surface area contributed by atoms with E-state index in [9.17, 15) is 0 Å². The Hall–Kier alpha value is -1.82. The van der Waals surface area contributed by atoms with E-state index in [0.29, 0.717) is 23.7 Å². The molecule has 0 aliphatic heterocycles. The summed E-state index contributed by atoms with van der Waals surface area (Å²) in [7, 11) is 0. The fourth-order valence-electron chi connectivity index (χ4n) is 4.64. The second-order valence-electron chi connectivity index (χ2n) is 6.33. The van der Waals surface area contributed by atoms with Gasteiger partial charge in [-0.3, -0.25) is 0 Å². The summed E-state index contributed by atoms with van der Waals surface area (Å²) in [6.45, 7) is 10.4. The largest absolute Gasteiger partial charge is 0.103 e. The molecule has 4 rings (SSSR count). The number of aryl methyl sites for hydroxylation is 1. The van der Waals surface area contributed by atoms with Crippen molar-refractivity contribution in [3.05, 3.63) is 72.3 Å². The first-order valence-electron chi connectivity index (χ1n) is 7.53. The van der Waals surface area contributed by atoms with Crippen LogP contribution in [0.25, 0.3) is 10.8 Å². The van der Waals surface area contributed by atoms with Gasteiger partial charge in [0.25, 0.3) is 0 Å². The molecule has 0 spiro atoms. The molecule has 0 bridgehead atoms. The lowest BCUT2D eigenvalue weighted by Crippen LogP contribution is -2.06. The van der Waals surface area contributed by atoms with Gasteiger partial charge in [0, 0.05) is 0 Å². The number of benzene rings is 2. The molecule has 20 heavy (non-hydrogen) atoms. The Morgan fingerprint density at radius 2 is 1.60 bits per heavy atom. The van der Waals surface area contributed by atoms with Gasteiger partial charge in [-0.15, -0.1) is 13.2 Å². The Bertz CT molecular complexity index is 696. The van der Waals surface area contributed by atoms with Gasteiger partial charge >= 0.3 is 0 Å². The average molecular weight is 260 g/mol. The van der Waals surface area contributed by atoms with Crippen molar-refractivity contribution in [2.75, 3.05) is 0 Å². The first kappa shape index (κ1) is 12.0. The minimum Gasteiger partial charge on any atom is -0.103 e.